The van der Waals surface area contributed by atoms with Crippen LogP contribution in [0.25, 0.3) is 0 Å². The lowest BCUT2D eigenvalue weighted by molar-refractivity contribution is -0.121. The second-order valence-corrected chi connectivity index (χ2v) is 5.39. The average molecular weight is 286 g/mol. The zero-order chi connectivity index (χ0) is 15.2. The Hall–Kier alpha value is -2.10. The van der Waals surface area contributed by atoms with Crippen LogP contribution in [0.5, 0.6) is 0 Å². The monoisotopic (exact) mass is 286 g/mol. The second kappa shape index (κ2) is 7.07. The Morgan fingerprint density at radius 3 is 2.48 bits per heavy atom. The van der Waals surface area contributed by atoms with Gasteiger partial charge >= 0.3 is 0 Å². The average Bonchev–Trinajstić information content (AvgIpc) is 2.78. The standard InChI is InChI=1S/C17H22N2O2/c1-12-4-6-15(7-5-12)8-9-17(20)18-11-10-16-13(2)19-21-14(16)3/h4-7H,8-11H2,1-3H3,(H,18,20). The predicted molar refractivity (Wildman–Crippen MR) is 82.2 cm³/mol. The minimum atomic E-state index is 0.0855. The summed E-state index contributed by atoms with van der Waals surface area (Å²) in [5, 5.41) is 6.86. The summed E-state index contributed by atoms with van der Waals surface area (Å²) in [6.07, 6.45) is 2.06. The van der Waals surface area contributed by atoms with Crippen molar-refractivity contribution in [3.63, 3.8) is 0 Å². The summed E-state index contributed by atoms with van der Waals surface area (Å²) in [7, 11) is 0. The molecule has 1 N–H and O–H groups in total. The molecule has 0 atom stereocenters. The van der Waals surface area contributed by atoms with Gasteiger partial charge in [-0.3, -0.25) is 4.79 Å². The molecule has 1 aromatic carbocycles. The van der Waals surface area contributed by atoms with Crippen molar-refractivity contribution in [2.24, 2.45) is 0 Å². The molecule has 0 bridgehead atoms. The summed E-state index contributed by atoms with van der Waals surface area (Å²) in [6, 6.07) is 8.30. The lowest BCUT2D eigenvalue weighted by atomic mass is 10.1. The molecule has 0 radical (unpaired) electrons. The van der Waals surface area contributed by atoms with E-state index in [2.05, 4.69) is 41.7 Å². The lowest BCUT2D eigenvalue weighted by Crippen LogP contribution is -2.26. The number of nitrogens with one attached hydrogen (secondary N) is 1. The second-order valence-electron chi connectivity index (χ2n) is 5.39. The Morgan fingerprint density at radius 1 is 1.14 bits per heavy atom. The smallest absolute Gasteiger partial charge is 0.220 e. The predicted octanol–water partition coefficient (Wildman–Crippen LogP) is 2.89. The van der Waals surface area contributed by atoms with Crippen molar-refractivity contribution in [2.45, 2.75) is 40.0 Å². The first-order chi connectivity index (χ1) is 10.1. The van der Waals surface area contributed by atoms with E-state index in [1.807, 2.05) is 13.8 Å². The molecule has 0 saturated heterocycles. The first kappa shape index (κ1) is 15.3. The van der Waals surface area contributed by atoms with Crippen molar-refractivity contribution in [3.05, 3.63) is 52.4 Å². The van der Waals surface area contributed by atoms with E-state index in [4.69, 9.17) is 4.52 Å². The van der Waals surface area contributed by atoms with Crippen molar-refractivity contribution in [1.29, 1.82) is 0 Å². The van der Waals surface area contributed by atoms with Gasteiger partial charge in [-0.2, -0.15) is 0 Å². The normalized spacial score (nSPS) is 10.6. The number of aromatic nitrogens is 1. The molecule has 2 aromatic rings. The topological polar surface area (TPSA) is 55.1 Å². The van der Waals surface area contributed by atoms with Gasteiger partial charge in [0.1, 0.15) is 5.76 Å². The van der Waals surface area contributed by atoms with Crippen LogP contribution in [0.1, 0.15) is 34.6 Å². The van der Waals surface area contributed by atoms with Crippen molar-refractivity contribution in [3.8, 4) is 0 Å². The van der Waals surface area contributed by atoms with Gasteiger partial charge in [0.2, 0.25) is 5.91 Å². The Bertz CT molecular complexity index is 580. The number of benzene rings is 1. The molecule has 21 heavy (non-hydrogen) atoms. The molecule has 1 heterocycles. The molecule has 0 aliphatic rings. The van der Waals surface area contributed by atoms with Gasteiger partial charge in [-0.25, -0.2) is 0 Å². The van der Waals surface area contributed by atoms with Crippen LogP contribution in [-0.4, -0.2) is 17.6 Å². The number of hydrogen-bond acceptors (Lipinski definition) is 3. The molecule has 0 aliphatic carbocycles. The fraction of sp³-hybridized carbons (Fsp3) is 0.412. The van der Waals surface area contributed by atoms with Gasteiger partial charge in [0, 0.05) is 18.5 Å². The zero-order valence-corrected chi connectivity index (χ0v) is 12.9. The fourth-order valence-corrected chi connectivity index (χ4v) is 2.29. The van der Waals surface area contributed by atoms with Crippen LogP contribution in [0.3, 0.4) is 0 Å². The molecule has 2 rings (SSSR count). The van der Waals surface area contributed by atoms with Crippen LogP contribution in [0.4, 0.5) is 0 Å². The van der Waals surface area contributed by atoms with Crippen LogP contribution < -0.4 is 5.32 Å². The highest BCUT2D eigenvalue weighted by molar-refractivity contribution is 5.76. The third kappa shape index (κ3) is 4.45. The summed E-state index contributed by atoms with van der Waals surface area (Å²) in [4.78, 5) is 11.8. The van der Waals surface area contributed by atoms with E-state index in [1.165, 1.54) is 11.1 Å². The summed E-state index contributed by atoms with van der Waals surface area (Å²) in [6.45, 7) is 6.50. The maximum Gasteiger partial charge on any atom is 0.220 e. The van der Waals surface area contributed by atoms with E-state index in [-0.39, 0.29) is 5.91 Å². The number of nitrogens with zero attached hydrogens (tertiary/aromatic N) is 1. The van der Waals surface area contributed by atoms with Gasteiger partial charge in [-0.15, -0.1) is 0 Å². The van der Waals surface area contributed by atoms with Gasteiger partial charge < -0.3 is 9.84 Å². The fourth-order valence-electron chi connectivity index (χ4n) is 2.29. The molecule has 0 saturated carbocycles. The highest BCUT2D eigenvalue weighted by Gasteiger charge is 2.09. The van der Waals surface area contributed by atoms with E-state index in [0.717, 1.165) is 29.9 Å². The largest absolute Gasteiger partial charge is 0.361 e. The molecule has 0 fully saturated rings. The third-order valence-electron chi connectivity index (χ3n) is 3.64. The van der Waals surface area contributed by atoms with Crippen LogP contribution in [0.15, 0.2) is 28.8 Å². The molecule has 0 unspecified atom stereocenters. The van der Waals surface area contributed by atoms with Gasteiger partial charge in [0.05, 0.1) is 5.69 Å². The van der Waals surface area contributed by atoms with Crippen LogP contribution >= 0.6 is 0 Å². The van der Waals surface area contributed by atoms with Crippen LogP contribution in [0, 0.1) is 20.8 Å². The summed E-state index contributed by atoms with van der Waals surface area (Å²) < 4.78 is 5.11. The third-order valence-corrected chi connectivity index (χ3v) is 3.64. The lowest BCUT2D eigenvalue weighted by Gasteiger charge is -2.05. The van der Waals surface area contributed by atoms with Gasteiger partial charge in [0.25, 0.3) is 0 Å². The number of aryl methyl sites for hydroxylation is 4. The number of carbonyl (C=O) groups excluding carboxylic acids is 1. The number of carbonyl (C=O) groups is 1. The molecule has 0 aliphatic heterocycles. The van der Waals surface area contributed by atoms with Crippen molar-refractivity contribution >= 4 is 5.91 Å². The number of hydrogen-bond donors (Lipinski definition) is 1. The van der Waals surface area contributed by atoms with Gasteiger partial charge in [-0.1, -0.05) is 35.0 Å². The summed E-state index contributed by atoms with van der Waals surface area (Å²) in [5.41, 5.74) is 4.43. The SMILES string of the molecule is Cc1ccc(CCC(=O)NCCc2c(C)noc2C)cc1. The van der Waals surface area contributed by atoms with E-state index in [9.17, 15) is 4.79 Å². The Morgan fingerprint density at radius 2 is 1.86 bits per heavy atom. The Kier molecular flexibility index (Phi) is 5.14. The first-order valence-electron chi connectivity index (χ1n) is 7.30. The van der Waals surface area contributed by atoms with Crippen molar-refractivity contribution < 1.29 is 9.32 Å². The van der Waals surface area contributed by atoms with Crippen LogP contribution in [0.2, 0.25) is 0 Å². The van der Waals surface area contributed by atoms with E-state index in [1.54, 1.807) is 0 Å². The molecule has 112 valence electrons. The minimum Gasteiger partial charge on any atom is -0.361 e. The molecule has 0 spiro atoms. The molecule has 1 aromatic heterocycles. The van der Waals surface area contributed by atoms with Crippen molar-refractivity contribution in [1.82, 2.24) is 10.5 Å². The molecular formula is C17H22N2O2. The van der Waals surface area contributed by atoms with Crippen molar-refractivity contribution in [2.75, 3.05) is 6.54 Å². The molecule has 1 amide bonds. The maximum atomic E-state index is 11.8. The first-order valence-corrected chi connectivity index (χ1v) is 7.30. The molecule has 4 heteroatoms. The Balaban J connectivity index is 1.71. The highest BCUT2D eigenvalue weighted by atomic mass is 16.5. The zero-order valence-electron chi connectivity index (χ0n) is 12.9. The van der Waals surface area contributed by atoms with E-state index in [0.29, 0.717) is 13.0 Å². The van der Waals surface area contributed by atoms with Gasteiger partial charge in [-0.05, 0) is 39.2 Å². The Labute approximate surface area is 125 Å². The molecular weight excluding hydrogens is 264 g/mol. The summed E-state index contributed by atoms with van der Waals surface area (Å²) in [5.74, 6) is 0.920. The highest BCUT2D eigenvalue weighted by Crippen LogP contribution is 2.12. The quantitative estimate of drug-likeness (QED) is 0.888. The number of rotatable bonds is 6. The minimum absolute atomic E-state index is 0.0855. The van der Waals surface area contributed by atoms with E-state index < -0.39 is 0 Å². The maximum absolute atomic E-state index is 11.8. The van der Waals surface area contributed by atoms with Gasteiger partial charge in [0.15, 0.2) is 0 Å². The van der Waals surface area contributed by atoms with E-state index >= 15 is 0 Å². The molecule has 4 nitrogen and oxygen atoms in total. The van der Waals surface area contributed by atoms with Crippen LogP contribution in [-0.2, 0) is 17.6 Å². The summed E-state index contributed by atoms with van der Waals surface area (Å²) >= 11 is 0. The number of amides is 1.